The highest BCUT2D eigenvalue weighted by molar-refractivity contribution is 6.33. The van der Waals surface area contributed by atoms with Crippen LogP contribution in [-0.2, 0) is 4.79 Å². The zero-order chi connectivity index (χ0) is 12.8. The fourth-order valence-corrected chi connectivity index (χ4v) is 1.58. The van der Waals surface area contributed by atoms with Gasteiger partial charge in [-0.3, -0.25) is 4.79 Å². The zero-order valence-corrected chi connectivity index (χ0v) is 11.2. The lowest BCUT2D eigenvalue weighted by Crippen LogP contribution is -2.36. The third kappa shape index (κ3) is 4.36. The summed E-state index contributed by atoms with van der Waals surface area (Å²) in [5.74, 6) is 0.360. The van der Waals surface area contributed by atoms with Crippen LogP contribution < -0.4 is 10.2 Å². The summed E-state index contributed by atoms with van der Waals surface area (Å²) in [6.45, 7) is 2.82. The summed E-state index contributed by atoms with van der Waals surface area (Å²) in [4.78, 5) is 20.9. The highest BCUT2D eigenvalue weighted by Gasteiger charge is 2.12. The topological polar surface area (TPSA) is 58.1 Å². The van der Waals surface area contributed by atoms with Crippen molar-refractivity contribution < 1.29 is 4.79 Å². The second-order valence-corrected chi connectivity index (χ2v) is 4.26. The Labute approximate surface area is 110 Å². The summed E-state index contributed by atoms with van der Waals surface area (Å²) in [5, 5.41) is 3.23. The van der Waals surface area contributed by atoms with Crippen molar-refractivity contribution in [3.63, 3.8) is 0 Å². The average molecular weight is 277 g/mol. The van der Waals surface area contributed by atoms with Gasteiger partial charge < -0.3 is 10.2 Å². The summed E-state index contributed by atoms with van der Waals surface area (Å²) in [7, 11) is 1.72. The highest BCUT2D eigenvalue weighted by Crippen LogP contribution is 2.22. The van der Waals surface area contributed by atoms with Gasteiger partial charge in [0.1, 0.15) is 5.02 Å². The van der Waals surface area contributed by atoms with Crippen LogP contribution in [0, 0.1) is 0 Å². The number of hydrogen-bond donors (Lipinski definition) is 1. The maximum Gasteiger partial charge on any atom is 0.239 e. The SMILES string of the molecule is CCCNC(=O)CN(C)c1nc(Cl)ncc1Cl. The average Bonchev–Trinajstić information content (AvgIpc) is 2.29. The summed E-state index contributed by atoms with van der Waals surface area (Å²) < 4.78 is 0. The molecule has 0 aliphatic rings. The Kier molecular flexibility index (Phi) is 5.44. The normalized spacial score (nSPS) is 10.1. The van der Waals surface area contributed by atoms with Crippen LogP contribution in [0.5, 0.6) is 0 Å². The standard InChI is InChI=1S/C10H14Cl2N4O/c1-3-4-13-8(17)6-16(2)9-7(11)5-14-10(12)15-9/h5H,3-4,6H2,1-2H3,(H,13,17). The number of nitrogens with zero attached hydrogens (tertiary/aromatic N) is 3. The highest BCUT2D eigenvalue weighted by atomic mass is 35.5. The minimum absolute atomic E-state index is 0.0832. The Morgan fingerprint density at radius 1 is 1.53 bits per heavy atom. The van der Waals surface area contributed by atoms with Crippen molar-refractivity contribution in [1.29, 1.82) is 0 Å². The molecule has 0 spiro atoms. The van der Waals surface area contributed by atoms with E-state index in [4.69, 9.17) is 23.2 Å². The maximum atomic E-state index is 11.5. The number of carbonyl (C=O) groups excluding carboxylic acids is 1. The van der Waals surface area contributed by atoms with Crippen molar-refractivity contribution in [3.05, 3.63) is 16.5 Å². The molecule has 0 fully saturated rings. The van der Waals surface area contributed by atoms with Gasteiger partial charge in [0.2, 0.25) is 11.2 Å². The third-order valence-corrected chi connectivity index (χ3v) is 2.46. The van der Waals surface area contributed by atoms with Gasteiger partial charge in [0.15, 0.2) is 5.82 Å². The molecule has 1 aromatic rings. The van der Waals surface area contributed by atoms with E-state index in [0.717, 1.165) is 6.42 Å². The van der Waals surface area contributed by atoms with Crippen LogP contribution in [0.2, 0.25) is 10.3 Å². The van der Waals surface area contributed by atoms with Crippen molar-refractivity contribution in [2.24, 2.45) is 0 Å². The Morgan fingerprint density at radius 3 is 2.88 bits per heavy atom. The number of carbonyl (C=O) groups is 1. The van der Waals surface area contributed by atoms with Gasteiger partial charge in [0.25, 0.3) is 0 Å². The number of aromatic nitrogens is 2. The molecular formula is C10H14Cl2N4O. The Morgan fingerprint density at radius 2 is 2.24 bits per heavy atom. The molecule has 1 rings (SSSR count). The molecule has 0 saturated heterocycles. The van der Waals surface area contributed by atoms with Crippen molar-refractivity contribution in [2.75, 3.05) is 25.0 Å². The monoisotopic (exact) mass is 276 g/mol. The molecule has 0 aliphatic heterocycles. The molecule has 1 amide bonds. The molecule has 7 heteroatoms. The first-order valence-electron chi connectivity index (χ1n) is 5.20. The molecule has 5 nitrogen and oxygen atoms in total. The van der Waals surface area contributed by atoms with E-state index in [1.165, 1.54) is 6.20 Å². The second-order valence-electron chi connectivity index (χ2n) is 3.52. The first-order chi connectivity index (χ1) is 8.04. The van der Waals surface area contributed by atoms with E-state index in [1.807, 2.05) is 6.92 Å². The number of anilines is 1. The van der Waals surface area contributed by atoms with E-state index in [0.29, 0.717) is 17.4 Å². The van der Waals surface area contributed by atoms with E-state index in [9.17, 15) is 4.79 Å². The predicted molar refractivity (Wildman–Crippen MR) is 68.6 cm³/mol. The lowest BCUT2D eigenvalue weighted by atomic mass is 10.4. The lowest BCUT2D eigenvalue weighted by molar-refractivity contribution is -0.119. The van der Waals surface area contributed by atoms with Crippen LogP contribution in [0.3, 0.4) is 0 Å². The first kappa shape index (κ1) is 14.0. The number of nitrogens with one attached hydrogen (secondary N) is 1. The van der Waals surface area contributed by atoms with Crippen molar-refractivity contribution >= 4 is 34.9 Å². The number of hydrogen-bond acceptors (Lipinski definition) is 4. The lowest BCUT2D eigenvalue weighted by Gasteiger charge is -2.18. The van der Waals surface area contributed by atoms with Gasteiger partial charge in [-0.05, 0) is 18.0 Å². The predicted octanol–water partition coefficient (Wildman–Crippen LogP) is 1.75. The van der Waals surface area contributed by atoms with E-state index < -0.39 is 0 Å². The van der Waals surface area contributed by atoms with Gasteiger partial charge in [0.05, 0.1) is 12.7 Å². The molecule has 1 aromatic heterocycles. The van der Waals surface area contributed by atoms with Crippen LogP contribution in [0.4, 0.5) is 5.82 Å². The summed E-state index contributed by atoms with van der Waals surface area (Å²) >= 11 is 11.6. The number of halogens is 2. The molecule has 94 valence electrons. The van der Waals surface area contributed by atoms with Crippen LogP contribution in [-0.4, -0.2) is 36.0 Å². The van der Waals surface area contributed by atoms with Crippen LogP contribution in [0.25, 0.3) is 0 Å². The largest absolute Gasteiger partial charge is 0.355 e. The molecule has 1 heterocycles. The molecule has 0 bridgehead atoms. The molecule has 0 atom stereocenters. The molecule has 0 aliphatic carbocycles. The van der Waals surface area contributed by atoms with Crippen molar-refractivity contribution in [2.45, 2.75) is 13.3 Å². The third-order valence-electron chi connectivity index (χ3n) is 2.01. The molecular weight excluding hydrogens is 263 g/mol. The fraction of sp³-hybridized carbons (Fsp3) is 0.500. The van der Waals surface area contributed by atoms with Gasteiger partial charge in [-0.15, -0.1) is 0 Å². The smallest absolute Gasteiger partial charge is 0.239 e. The Hall–Kier alpha value is -1.07. The van der Waals surface area contributed by atoms with Crippen LogP contribution >= 0.6 is 23.2 Å². The first-order valence-corrected chi connectivity index (χ1v) is 5.96. The minimum Gasteiger partial charge on any atom is -0.355 e. The van der Waals surface area contributed by atoms with E-state index >= 15 is 0 Å². The van der Waals surface area contributed by atoms with Gasteiger partial charge in [0, 0.05) is 13.6 Å². The molecule has 0 aromatic carbocycles. The molecule has 1 N–H and O–H groups in total. The number of rotatable bonds is 5. The van der Waals surface area contributed by atoms with Gasteiger partial charge in [-0.1, -0.05) is 18.5 Å². The van der Waals surface area contributed by atoms with Gasteiger partial charge in [-0.25, -0.2) is 4.98 Å². The maximum absolute atomic E-state index is 11.5. The molecule has 17 heavy (non-hydrogen) atoms. The Bertz CT molecular complexity index is 400. The van der Waals surface area contributed by atoms with Crippen molar-refractivity contribution in [1.82, 2.24) is 15.3 Å². The van der Waals surface area contributed by atoms with E-state index in [-0.39, 0.29) is 17.7 Å². The molecule has 0 saturated carbocycles. The summed E-state index contributed by atoms with van der Waals surface area (Å²) in [6, 6.07) is 0. The fourth-order valence-electron chi connectivity index (χ4n) is 1.22. The van der Waals surface area contributed by atoms with Crippen LogP contribution in [0.15, 0.2) is 6.20 Å². The molecule has 0 unspecified atom stereocenters. The van der Waals surface area contributed by atoms with Crippen molar-refractivity contribution in [3.8, 4) is 0 Å². The van der Waals surface area contributed by atoms with Gasteiger partial charge >= 0.3 is 0 Å². The number of likely N-dealkylation sites (N-methyl/N-ethyl adjacent to an activating group) is 1. The van der Waals surface area contributed by atoms with Gasteiger partial charge in [-0.2, -0.15) is 4.98 Å². The Balaban J connectivity index is 2.66. The minimum atomic E-state index is -0.0832. The van der Waals surface area contributed by atoms with E-state index in [2.05, 4.69) is 15.3 Å². The van der Waals surface area contributed by atoms with Crippen LogP contribution in [0.1, 0.15) is 13.3 Å². The summed E-state index contributed by atoms with van der Waals surface area (Å²) in [5.41, 5.74) is 0. The molecule has 0 radical (unpaired) electrons. The van der Waals surface area contributed by atoms with E-state index in [1.54, 1.807) is 11.9 Å². The zero-order valence-electron chi connectivity index (χ0n) is 9.70. The quantitative estimate of drug-likeness (QED) is 0.833. The second kappa shape index (κ2) is 6.61. The summed E-state index contributed by atoms with van der Waals surface area (Å²) in [6.07, 6.45) is 2.31. The number of amides is 1.